The molecule has 2 bridgehead atoms. The number of hydrogen-bond acceptors (Lipinski definition) is 4. The van der Waals surface area contributed by atoms with Crippen LogP contribution in [0.4, 0.5) is 5.69 Å². The first-order chi connectivity index (χ1) is 11.5. The van der Waals surface area contributed by atoms with E-state index in [0.29, 0.717) is 29.8 Å². The minimum atomic E-state index is -0.376. The summed E-state index contributed by atoms with van der Waals surface area (Å²) < 4.78 is 6.70. The third kappa shape index (κ3) is 3.34. The van der Waals surface area contributed by atoms with Gasteiger partial charge in [-0.3, -0.25) is 4.79 Å². The molecule has 0 radical (unpaired) electrons. The van der Waals surface area contributed by atoms with Crippen LogP contribution in [-0.4, -0.2) is 29.1 Å². The first kappa shape index (κ1) is 17.0. The highest BCUT2D eigenvalue weighted by molar-refractivity contribution is 5.95. The summed E-state index contributed by atoms with van der Waals surface area (Å²) >= 11 is 0. The lowest BCUT2D eigenvalue weighted by molar-refractivity contribution is -0.122. The quantitative estimate of drug-likeness (QED) is 0.828. The fraction of sp³-hybridized carbons (Fsp3) is 0.667. The average Bonchev–Trinajstić information content (AvgIpc) is 2.87. The van der Waals surface area contributed by atoms with Crippen LogP contribution in [-0.2, 0) is 16.6 Å². The van der Waals surface area contributed by atoms with Crippen LogP contribution in [0.3, 0.4) is 0 Å². The van der Waals surface area contributed by atoms with Crippen LogP contribution in [0, 0.1) is 17.8 Å². The van der Waals surface area contributed by atoms with Gasteiger partial charge in [0, 0.05) is 25.2 Å². The van der Waals surface area contributed by atoms with Crippen LogP contribution < -0.4 is 11.1 Å². The zero-order chi connectivity index (χ0) is 17.3. The highest BCUT2D eigenvalue weighted by Gasteiger charge is 2.40. The number of ether oxygens (including phenoxy) is 1. The van der Waals surface area contributed by atoms with Gasteiger partial charge in [-0.15, -0.1) is 0 Å². The molecule has 1 amide bonds. The molecule has 3 N–H and O–H groups in total. The number of anilines is 1. The topological polar surface area (TPSA) is 86.3 Å². The van der Waals surface area contributed by atoms with Gasteiger partial charge in [0.15, 0.2) is 0 Å². The molecule has 132 valence electrons. The Kier molecular flexibility index (Phi) is 4.94. The number of hydrogen-bond donors (Lipinski definition) is 2. The molecular formula is C18H27N3O3. The zero-order valence-electron chi connectivity index (χ0n) is 14.5. The number of rotatable bonds is 4. The van der Waals surface area contributed by atoms with Gasteiger partial charge in [0.1, 0.15) is 5.69 Å². The Morgan fingerprint density at radius 3 is 2.62 bits per heavy atom. The molecule has 0 aromatic carbocycles. The first-order valence-corrected chi connectivity index (χ1v) is 8.89. The Morgan fingerprint density at radius 2 is 2.00 bits per heavy atom. The molecule has 2 aliphatic rings. The summed E-state index contributed by atoms with van der Waals surface area (Å²) in [7, 11) is 1.77. The molecule has 6 heteroatoms. The van der Waals surface area contributed by atoms with Crippen molar-refractivity contribution in [2.24, 2.45) is 30.5 Å². The van der Waals surface area contributed by atoms with Gasteiger partial charge in [-0.25, -0.2) is 4.79 Å². The van der Waals surface area contributed by atoms with Gasteiger partial charge in [0.2, 0.25) is 5.91 Å². The number of fused-ring (bicyclic) bond motifs is 2. The minimum absolute atomic E-state index is 0.0198. The van der Waals surface area contributed by atoms with E-state index in [4.69, 9.17) is 10.5 Å². The molecule has 2 saturated carbocycles. The lowest BCUT2D eigenvalue weighted by Gasteiger charge is -2.43. The first-order valence-electron chi connectivity index (χ1n) is 8.89. The van der Waals surface area contributed by atoms with Crippen LogP contribution in [0.1, 0.15) is 49.5 Å². The van der Waals surface area contributed by atoms with Crippen molar-refractivity contribution in [3.63, 3.8) is 0 Å². The maximum atomic E-state index is 12.6. The van der Waals surface area contributed by atoms with E-state index >= 15 is 0 Å². The van der Waals surface area contributed by atoms with Gasteiger partial charge in [-0.05, 0) is 50.5 Å². The standard InChI is InChI=1S/C18H27N3O3/c1-3-24-18(23)15-9-14(10-21(15)2)20-17(22)13-7-11-5-4-6-12(8-13)16(11)19/h9-13,16H,3-8,19H2,1-2H3,(H,20,22). The molecule has 2 fully saturated rings. The Morgan fingerprint density at radius 1 is 1.33 bits per heavy atom. The van der Waals surface area contributed by atoms with Crippen LogP contribution in [0.15, 0.2) is 12.3 Å². The zero-order valence-corrected chi connectivity index (χ0v) is 14.5. The van der Waals surface area contributed by atoms with E-state index in [9.17, 15) is 9.59 Å². The number of aromatic nitrogens is 1. The van der Waals surface area contributed by atoms with Crippen molar-refractivity contribution in [3.05, 3.63) is 18.0 Å². The van der Waals surface area contributed by atoms with Gasteiger partial charge in [-0.1, -0.05) is 6.42 Å². The molecule has 0 spiro atoms. The van der Waals surface area contributed by atoms with E-state index in [1.165, 1.54) is 6.42 Å². The molecule has 2 atom stereocenters. The molecule has 24 heavy (non-hydrogen) atoms. The Bertz CT molecular complexity index is 611. The maximum Gasteiger partial charge on any atom is 0.355 e. The van der Waals surface area contributed by atoms with E-state index in [2.05, 4.69) is 5.32 Å². The fourth-order valence-electron chi connectivity index (χ4n) is 4.29. The molecule has 2 unspecified atom stereocenters. The molecule has 1 heterocycles. The van der Waals surface area contributed by atoms with Crippen molar-refractivity contribution in [2.75, 3.05) is 11.9 Å². The summed E-state index contributed by atoms with van der Waals surface area (Å²) in [5.41, 5.74) is 7.38. The molecule has 3 rings (SSSR count). The number of carbonyl (C=O) groups excluding carboxylic acids is 2. The molecule has 2 aliphatic carbocycles. The van der Waals surface area contributed by atoms with Gasteiger partial charge >= 0.3 is 5.97 Å². The van der Waals surface area contributed by atoms with Crippen molar-refractivity contribution < 1.29 is 14.3 Å². The SMILES string of the molecule is CCOC(=O)c1cc(NC(=O)C2CC3CCCC(C2)C3N)cn1C. The summed E-state index contributed by atoms with van der Waals surface area (Å²) in [6.45, 7) is 2.10. The van der Waals surface area contributed by atoms with Gasteiger partial charge in [0.05, 0.1) is 12.3 Å². The van der Waals surface area contributed by atoms with E-state index in [1.807, 2.05) is 0 Å². The summed E-state index contributed by atoms with van der Waals surface area (Å²) in [5.74, 6) is 0.628. The summed E-state index contributed by atoms with van der Waals surface area (Å²) in [6.07, 6.45) is 7.01. The van der Waals surface area contributed by atoms with Crippen LogP contribution >= 0.6 is 0 Å². The van der Waals surface area contributed by atoms with E-state index in [-0.39, 0.29) is 23.8 Å². The number of nitrogens with one attached hydrogen (secondary N) is 1. The summed E-state index contributed by atoms with van der Waals surface area (Å²) in [6, 6.07) is 1.93. The molecule has 1 aromatic rings. The number of amides is 1. The second-order valence-electron chi connectivity index (χ2n) is 7.13. The van der Waals surface area contributed by atoms with Crippen molar-refractivity contribution in [1.29, 1.82) is 0 Å². The molecular weight excluding hydrogens is 306 g/mol. The Hall–Kier alpha value is -1.82. The molecule has 0 aliphatic heterocycles. The number of nitrogens with two attached hydrogens (primary N) is 1. The van der Waals surface area contributed by atoms with Gasteiger partial charge < -0.3 is 20.4 Å². The van der Waals surface area contributed by atoms with Gasteiger partial charge in [0.25, 0.3) is 0 Å². The molecule has 0 saturated heterocycles. The predicted octanol–water partition coefficient (Wildman–Crippen LogP) is 2.29. The lowest BCUT2D eigenvalue weighted by atomic mass is 9.65. The third-order valence-corrected chi connectivity index (χ3v) is 5.54. The highest BCUT2D eigenvalue weighted by atomic mass is 16.5. The second kappa shape index (κ2) is 6.97. The number of nitrogens with zero attached hydrogens (tertiary/aromatic N) is 1. The fourth-order valence-corrected chi connectivity index (χ4v) is 4.29. The number of esters is 1. The second-order valence-corrected chi connectivity index (χ2v) is 7.13. The highest BCUT2D eigenvalue weighted by Crippen LogP contribution is 2.42. The number of carbonyl (C=O) groups is 2. The van der Waals surface area contributed by atoms with Gasteiger partial charge in [-0.2, -0.15) is 0 Å². The minimum Gasteiger partial charge on any atom is -0.461 e. The largest absolute Gasteiger partial charge is 0.461 e. The van der Waals surface area contributed by atoms with Crippen molar-refractivity contribution in [1.82, 2.24) is 4.57 Å². The maximum absolute atomic E-state index is 12.6. The summed E-state index contributed by atoms with van der Waals surface area (Å²) in [4.78, 5) is 24.5. The van der Waals surface area contributed by atoms with Crippen LogP contribution in [0.2, 0.25) is 0 Å². The van der Waals surface area contributed by atoms with E-state index in [1.54, 1.807) is 30.8 Å². The van der Waals surface area contributed by atoms with Crippen molar-refractivity contribution in [3.8, 4) is 0 Å². The summed E-state index contributed by atoms with van der Waals surface area (Å²) in [5, 5.41) is 2.97. The molecule has 1 aromatic heterocycles. The lowest BCUT2D eigenvalue weighted by Crippen LogP contribution is -2.48. The van der Waals surface area contributed by atoms with Crippen LogP contribution in [0.5, 0.6) is 0 Å². The number of aryl methyl sites for hydroxylation is 1. The molecule has 6 nitrogen and oxygen atoms in total. The van der Waals surface area contributed by atoms with E-state index < -0.39 is 0 Å². The normalized spacial score (nSPS) is 29.1. The smallest absolute Gasteiger partial charge is 0.355 e. The van der Waals surface area contributed by atoms with Crippen molar-refractivity contribution in [2.45, 2.75) is 45.1 Å². The Labute approximate surface area is 142 Å². The predicted molar refractivity (Wildman–Crippen MR) is 91.5 cm³/mol. The monoisotopic (exact) mass is 333 g/mol. The average molecular weight is 333 g/mol. The third-order valence-electron chi connectivity index (χ3n) is 5.54. The van der Waals surface area contributed by atoms with Crippen molar-refractivity contribution >= 4 is 17.6 Å². The Balaban J connectivity index is 1.65. The van der Waals surface area contributed by atoms with Crippen LogP contribution in [0.25, 0.3) is 0 Å². The van der Waals surface area contributed by atoms with E-state index in [0.717, 1.165) is 25.7 Å².